The number of halogens is 1. The number of nitrogens with zero attached hydrogens (tertiary/aromatic N) is 2. The van der Waals surface area contributed by atoms with Crippen LogP contribution in [-0.4, -0.2) is 28.9 Å². The van der Waals surface area contributed by atoms with Gasteiger partial charge in [-0.05, 0) is 24.3 Å². The molecule has 2 amide bonds. The van der Waals surface area contributed by atoms with Crippen LogP contribution in [0.4, 0.5) is 0 Å². The molecule has 9 heteroatoms. The largest absolute Gasteiger partial charge is 0.493 e. The number of benzene rings is 2. The van der Waals surface area contributed by atoms with E-state index in [4.69, 9.17) is 21.1 Å². The molecule has 8 nitrogen and oxygen atoms in total. The van der Waals surface area contributed by atoms with Gasteiger partial charge >= 0.3 is 0 Å². The fraction of sp³-hybridized carbons (Fsp3) is 0.100. The van der Waals surface area contributed by atoms with Crippen molar-refractivity contribution in [1.29, 1.82) is 0 Å². The molecule has 29 heavy (non-hydrogen) atoms. The number of amides is 2. The molecule has 0 bridgehead atoms. The van der Waals surface area contributed by atoms with Crippen molar-refractivity contribution in [3.8, 4) is 11.5 Å². The second kappa shape index (κ2) is 9.52. The lowest BCUT2D eigenvalue weighted by molar-refractivity contribution is 0.0843. The van der Waals surface area contributed by atoms with Gasteiger partial charge in [-0.25, -0.2) is 4.98 Å². The predicted octanol–water partition coefficient (Wildman–Crippen LogP) is 2.79. The minimum absolute atomic E-state index is 0.0775. The van der Waals surface area contributed by atoms with Crippen LogP contribution in [0.25, 0.3) is 0 Å². The van der Waals surface area contributed by atoms with Gasteiger partial charge in [0.2, 0.25) is 0 Å². The zero-order chi connectivity index (χ0) is 20.6. The Kier molecular flexibility index (Phi) is 6.59. The maximum Gasteiger partial charge on any atom is 0.289 e. The second-order valence-electron chi connectivity index (χ2n) is 5.74. The first-order chi connectivity index (χ1) is 14.1. The van der Waals surface area contributed by atoms with Crippen LogP contribution in [-0.2, 0) is 6.61 Å². The number of aromatic nitrogens is 2. The molecular weight excluding hydrogens is 396 g/mol. The molecule has 0 atom stereocenters. The van der Waals surface area contributed by atoms with Gasteiger partial charge in [-0.15, -0.1) is 0 Å². The van der Waals surface area contributed by atoms with Crippen molar-refractivity contribution in [2.24, 2.45) is 0 Å². The van der Waals surface area contributed by atoms with Gasteiger partial charge in [0.15, 0.2) is 11.5 Å². The van der Waals surface area contributed by atoms with E-state index in [0.717, 1.165) is 5.56 Å². The maximum atomic E-state index is 12.3. The molecule has 0 unspecified atom stereocenters. The molecule has 3 rings (SSSR count). The van der Waals surface area contributed by atoms with Gasteiger partial charge in [0.1, 0.15) is 12.3 Å². The summed E-state index contributed by atoms with van der Waals surface area (Å²) in [5, 5.41) is 0.598. The van der Waals surface area contributed by atoms with E-state index in [1.807, 2.05) is 18.2 Å². The summed E-state index contributed by atoms with van der Waals surface area (Å²) in [6, 6.07) is 12.0. The topological polar surface area (TPSA) is 102 Å². The van der Waals surface area contributed by atoms with Crippen molar-refractivity contribution in [3.63, 3.8) is 0 Å². The van der Waals surface area contributed by atoms with Crippen LogP contribution < -0.4 is 20.3 Å². The van der Waals surface area contributed by atoms with Crippen LogP contribution in [0.2, 0.25) is 5.02 Å². The molecule has 2 N–H and O–H groups in total. The summed E-state index contributed by atoms with van der Waals surface area (Å²) in [5.74, 6) is -0.297. The maximum absolute atomic E-state index is 12.3. The van der Waals surface area contributed by atoms with E-state index in [1.165, 1.54) is 31.8 Å². The van der Waals surface area contributed by atoms with Crippen molar-refractivity contribution in [2.45, 2.75) is 6.61 Å². The van der Waals surface area contributed by atoms with Gasteiger partial charge in [0, 0.05) is 28.5 Å². The smallest absolute Gasteiger partial charge is 0.289 e. The van der Waals surface area contributed by atoms with Crippen LogP contribution in [0.1, 0.15) is 26.4 Å². The van der Waals surface area contributed by atoms with Crippen molar-refractivity contribution in [1.82, 2.24) is 20.8 Å². The predicted molar refractivity (Wildman–Crippen MR) is 106 cm³/mol. The average molecular weight is 413 g/mol. The number of carbonyl (C=O) groups is 2. The molecule has 0 fully saturated rings. The lowest BCUT2D eigenvalue weighted by atomic mass is 10.2. The quantitative estimate of drug-likeness (QED) is 0.603. The molecular formula is C20H17ClN4O4. The highest BCUT2D eigenvalue weighted by Gasteiger charge is 2.14. The SMILES string of the molecule is COc1cc(C(=O)NNC(=O)c2cnccn2)ccc1OCc1ccccc1Cl. The van der Waals surface area contributed by atoms with E-state index in [9.17, 15) is 9.59 Å². The normalized spacial score (nSPS) is 10.1. The Morgan fingerprint density at radius 1 is 1.03 bits per heavy atom. The third kappa shape index (κ3) is 5.20. The monoisotopic (exact) mass is 412 g/mol. The molecule has 0 saturated carbocycles. The number of hydrazine groups is 1. The lowest BCUT2D eigenvalue weighted by Gasteiger charge is -2.13. The third-order valence-electron chi connectivity index (χ3n) is 3.85. The number of methoxy groups -OCH3 is 1. The average Bonchev–Trinajstić information content (AvgIpc) is 2.77. The van der Waals surface area contributed by atoms with Crippen LogP contribution in [0.3, 0.4) is 0 Å². The molecule has 0 radical (unpaired) electrons. The Morgan fingerprint density at radius 3 is 2.55 bits per heavy atom. The summed E-state index contributed by atoms with van der Waals surface area (Å²) < 4.78 is 11.1. The number of hydrogen-bond acceptors (Lipinski definition) is 6. The molecule has 0 aliphatic heterocycles. The standard InChI is InChI=1S/C20H17ClN4O4/c1-28-18-10-13(19(26)24-25-20(27)16-11-22-8-9-23-16)6-7-17(18)29-12-14-4-2-3-5-15(14)21/h2-11H,12H2,1H3,(H,24,26)(H,25,27). The summed E-state index contributed by atoms with van der Waals surface area (Å²) in [5.41, 5.74) is 5.76. The van der Waals surface area contributed by atoms with Gasteiger partial charge in [0.25, 0.3) is 11.8 Å². The summed E-state index contributed by atoms with van der Waals surface area (Å²) in [6.45, 7) is 0.246. The molecule has 1 heterocycles. The van der Waals surface area contributed by atoms with Gasteiger partial charge in [-0.1, -0.05) is 29.8 Å². The number of carbonyl (C=O) groups excluding carboxylic acids is 2. The first kappa shape index (κ1) is 20.1. The molecule has 148 valence electrons. The van der Waals surface area contributed by atoms with Crippen LogP contribution in [0, 0.1) is 0 Å². The number of ether oxygens (including phenoxy) is 2. The van der Waals surface area contributed by atoms with E-state index >= 15 is 0 Å². The fourth-order valence-corrected chi connectivity index (χ4v) is 2.56. The van der Waals surface area contributed by atoms with Crippen molar-refractivity contribution in [3.05, 3.63) is 82.9 Å². The Morgan fingerprint density at radius 2 is 1.83 bits per heavy atom. The first-order valence-corrected chi connectivity index (χ1v) is 8.87. The first-order valence-electron chi connectivity index (χ1n) is 8.49. The van der Waals surface area contributed by atoms with Gasteiger partial charge in [0.05, 0.1) is 13.3 Å². The molecule has 2 aromatic carbocycles. The molecule has 0 spiro atoms. The lowest BCUT2D eigenvalue weighted by Crippen LogP contribution is -2.42. The Balaban J connectivity index is 1.63. The fourth-order valence-electron chi connectivity index (χ4n) is 2.37. The summed E-state index contributed by atoms with van der Waals surface area (Å²) in [7, 11) is 1.47. The third-order valence-corrected chi connectivity index (χ3v) is 4.22. The van der Waals surface area contributed by atoms with E-state index in [1.54, 1.807) is 18.2 Å². The zero-order valence-corrected chi connectivity index (χ0v) is 16.1. The van der Waals surface area contributed by atoms with Gasteiger partial charge in [-0.2, -0.15) is 0 Å². The van der Waals surface area contributed by atoms with Crippen LogP contribution in [0.5, 0.6) is 11.5 Å². The van der Waals surface area contributed by atoms with Gasteiger partial charge < -0.3 is 9.47 Å². The van der Waals surface area contributed by atoms with E-state index < -0.39 is 11.8 Å². The number of hydrogen-bond donors (Lipinski definition) is 2. The Labute approximate surface area is 171 Å². The van der Waals surface area contributed by atoms with E-state index in [-0.39, 0.29) is 17.9 Å². The van der Waals surface area contributed by atoms with E-state index in [2.05, 4.69) is 20.8 Å². The minimum atomic E-state index is -0.585. The summed E-state index contributed by atoms with van der Waals surface area (Å²) in [4.78, 5) is 31.9. The van der Waals surface area contributed by atoms with Crippen molar-refractivity contribution >= 4 is 23.4 Å². The molecule has 3 aromatic rings. The molecule has 1 aromatic heterocycles. The Hall–Kier alpha value is -3.65. The van der Waals surface area contributed by atoms with E-state index in [0.29, 0.717) is 16.5 Å². The molecule has 0 aliphatic rings. The highest BCUT2D eigenvalue weighted by Crippen LogP contribution is 2.29. The molecule has 0 aliphatic carbocycles. The molecule has 0 saturated heterocycles. The summed E-state index contributed by atoms with van der Waals surface area (Å²) in [6.07, 6.45) is 4.11. The van der Waals surface area contributed by atoms with Crippen molar-refractivity contribution in [2.75, 3.05) is 7.11 Å². The summed E-state index contributed by atoms with van der Waals surface area (Å²) >= 11 is 6.13. The van der Waals surface area contributed by atoms with Crippen molar-refractivity contribution < 1.29 is 19.1 Å². The number of nitrogens with one attached hydrogen (secondary N) is 2. The number of rotatable bonds is 6. The second-order valence-corrected chi connectivity index (χ2v) is 6.15. The van der Waals surface area contributed by atoms with Gasteiger partial charge in [-0.3, -0.25) is 25.4 Å². The highest BCUT2D eigenvalue weighted by molar-refractivity contribution is 6.31. The minimum Gasteiger partial charge on any atom is -0.493 e. The van der Waals surface area contributed by atoms with Crippen LogP contribution >= 0.6 is 11.6 Å². The Bertz CT molecular complexity index is 1010. The van der Waals surface area contributed by atoms with Crippen LogP contribution in [0.15, 0.2) is 61.1 Å². The zero-order valence-electron chi connectivity index (χ0n) is 15.4. The highest BCUT2D eigenvalue weighted by atomic mass is 35.5.